The maximum atomic E-state index is 12.2. The zero-order chi connectivity index (χ0) is 18.4. The number of amides is 2. The molecule has 26 heavy (non-hydrogen) atoms. The van der Waals surface area contributed by atoms with Gasteiger partial charge in [-0.1, -0.05) is 19.1 Å². The van der Waals surface area contributed by atoms with Crippen molar-refractivity contribution in [3.8, 4) is 17.2 Å². The highest BCUT2D eigenvalue weighted by Crippen LogP contribution is 2.35. The van der Waals surface area contributed by atoms with Crippen LogP contribution in [0.25, 0.3) is 0 Å². The van der Waals surface area contributed by atoms with Crippen LogP contribution in [0.15, 0.2) is 42.5 Å². The molecule has 136 valence electrons. The van der Waals surface area contributed by atoms with E-state index < -0.39 is 0 Å². The van der Waals surface area contributed by atoms with E-state index in [1.54, 1.807) is 42.5 Å². The van der Waals surface area contributed by atoms with E-state index in [9.17, 15) is 9.59 Å². The largest absolute Gasteiger partial charge is 0.484 e. The number of hydrogen-bond donors (Lipinski definition) is 2. The molecule has 1 heterocycles. The molecule has 0 unspecified atom stereocenters. The third-order valence-corrected chi connectivity index (χ3v) is 3.70. The van der Waals surface area contributed by atoms with Crippen LogP contribution in [0.5, 0.6) is 17.2 Å². The molecule has 2 N–H and O–H groups in total. The van der Waals surface area contributed by atoms with Crippen LogP contribution in [0.2, 0.25) is 0 Å². The van der Waals surface area contributed by atoms with Gasteiger partial charge in [-0.15, -0.1) is 0 Å². The molecule has 0 spiro atoms. The standard InChI is InChI=1S/C19H20N2O5/c1-2-9-20-19(23)14-5-3-4-6-15(14)21-18(22)11-24-13-7-8-16-17(10-13)26-12-25-16/h3-8,10H,2,9,11-12H2,1H3,(H,20,23)(H,21,22). The summed E-state index contributed by atoms with van der Waals surface area (Å²) in [5.74, 6) is 1.14. The number of para-hydroxylation sites is 1. The van der Waals surface area contributed by atoms with E-state index in [-0.39, 0.29) is 25.2 Å². The lowest BCUT2D eigenvalue weighted by molar-refractivity contribution is -0.118. The van der Waals surface area contributed by atoms with Crippen LogP contribution in [0, 0.1) is 0 Å². The third-order valence-electron chi connectivity index (χ3n) is 3.70. The zero-order valence-corrected chi connectivity index (χ0v) is 14.4. The van der Waals surface area contributed by atoms with Gasteiger partial charge in [0.05, 0.1) is 11.3 Å². The fourth-order valence-corrected chi connectivity index (χ4v) is 2.43. The van der Waals surface area contributed by atoms with Crippen molar-refractivity contribution in [1.29, 1.82) is 0 Å². The zero-order valence-electron chi connectivity index (χ0n) is 14.4. The summed E-state index contributed by atoms with van der Waals surface area (Å²) in [4.78, 5) is 24.4. The Labute approximate surface area is 151 Å². The molecular formula is C19H20N2O5. The predicted octanol–water partition coefficient (Wildman–Crippen LogP) is 2.57. The lowest BCUT2D eigenvalue weighted by Gasteiger charge is -2.12. The predicted molar refractivity (Wildman–Crippen MR) is 95.8 cm³/mol. The number of rotatable bonds is 7. The number of nitrogens with one attached hydrogen (secondary N) is 2. The molecule has 1 aliphatic heterocycles. The van der Waals surface area contributed by atoms with Crippen molar-refractivity contribution < 1.29 is 23.8 Å². The fraction of sp³-hybridized carbons (Fsp3) is 0.263. The minimum absolute atomic E-state index is 0.177. The van der Waals surface area contributed by atoms with Crippen LogP contribution in [-0.4, -0.2) is 31.8 Å². The molecule has 1 aliphatic rings. The Morgan fingerprint density at radius 2 is 1.92 bits per heavy atom. The molecule has 7 heteroatoms. The van der Waals surface area contributed by atoms with Crippen molar-refractivity contribution >= 4 is 17.5 Å². The normalized spacial score (nSPS) is 11.7. The van der Waals surface area contributed by atoms with Gasteiger partial charge in [-0.3, -0.25) is 9.59 Å². The van der Waals surface area contributed by atoms with Crippen LogP contribution in [0.1, 0.15) is 23.7 Å². The minimum Gasteiger partial charge on any atom is -0.484 e. The first-order chi connectivity index (χ1) is 12.7. The van der Waals surface area contributed by atoms with Crippen molar-refractivity contribution in [3.05, 3.63) is 48.0 Å². The summed E-state index contributed by atoms with van der Waals surface area (Å²) in [6, 6.07) is 11.9. The second kappa shape index (κ2) is 8.24. The quantitative estimate of drug-likeness (QED) is 0.796. The van der Waals surface area contributed by atoms with Gasteiger partial charge in [0.2, 0.25) is 6.79 Å². The summed E-state index contributed by atoms with van der Waals surface area (Å²) in [5.41, 5.74) is 0.859. The molecule has 0 saturated heterocycles. The monoisotopic (exact) mass is 356 g/mol. The number of carbonyl (C=O) groups excluding carboxylic acids is 2. The Kier molecular flexibility index (Phi) is 5.58. The Morgan fingerprint density at radius 1 is 1.12 bits per heavy atom. The minimum atomic E-state index is -0.363. The molecule has 2 aromatic rings. The van der Waals surface area contributed by atoms with E-state index in [0.717, 1.165) is 6.42 Å². The lowest BCUT2D eigenvalue weighted by atomic mass is 10.1. The van der Waals surface area contributed by atoms with Crippen molar-refractivity contribution in [2.75, 3.05) is 25.3 Å². The number of carbonyl (C=O) groups is 2. The van der Waals surface area contributed by atoms with Gasteiger partial charge in [-0.05, 0) is 30.7 Å². The summed E-state index contributed by atoms with van der Waals surface area (Å²) in [6.07, 6.45) is 0.837. The van der Waals surface area contributed by atoms with Crippen molar-refractivity contribution in [2.24, 2.45) is 0 Å². The third kappa shape index (κ3) is 4.24. The van der Waals surface area contributed by atoms with Crippen LogP contribution in [-0.2, 0) is 4.79 Å². The Bertz CT molecular complexity index is 806. The molecule has 0 aromatic heterocycles. The molecular weight excluding hydrogens is 336 g/mol. The van der Waals surface area contributed by atoms with Gasteiger partial charge in [-0.25, -0.2) is 0 Å². The van der Waals surface area contributed by atoms with Crippen LogP contribution < -0.4 is 24.8 Å². The second-order valence-corrected chi connectivity index (χ2v) is 5.65. The maximum Gasteiger partial charge on any atom is 0.262 e. The number of benzene rings is 2. The van der Waals surface area contributed by atoms with Crippen LogP contribution >= 0.6 is 0 Å². The Balaban J connectivity index is 1.59. The molecule has 0 radical (unpaired) electrons. The summed E-state index contributed by atoms with van der Waals surface area (Å²) in [6.45, 7) is 2.54. The first-order valence-corrected chi connectivity index (χ1v) is 8.37. The van der Waals surface area contributed by atoms with E-state index in [1.165, 1.54) is 0 Å². The highest BCUT2D eigenvalue weighted by Gasteiger charge is 2.15. The molecule has 2 aromatic carbocycles. The second-order valence-electron chi connectivity index (χ2n) is 5.65. The van der Waals surface area contributed by atoms with E-state index in [2.05, 4.69) is 10.6 Å². The van der Waals surface area contributed by atoms with Crippen molar-refractivity contribution in [1.82, 2.24) is 5.32 Å². The van der Waals surface area contributed by atoms with Crippen molar-refractivity contribution in [3.63, 3.8) is 0 Å². The Morgan fingerprint density at radius 3 is 2.77 bits per heavy atom. The van der Waals surface area contributed by atoms with E-state index >= 15 is 0 Å². The van der Waals surface area contributed by atoms with Gasteiger partial charge < -0.3 is 24.8 Å². The van der Waals surface area contributed by atoms with Crippen molar-refractivity contribution in [2.45, 2.75) is 13.3 Å². The average Bonchev–Trinajstić information content (AvgIpc) is 3.12. The lowest BCUT2D eigenvalue weighted by Crippen LogP contribution is -2.27. The van der Waals surface area contributed by atoms with Crippen LogP contribution in [0.4, 0.5) is 5.69 Å². The molecule has 0 fully saturated rings. The summed E-state index contributed by atoms with van der Waals surface area (Å²) < 4.78 is 16.0. The molecule has 3 rings (SSSR count). The summed E-state index contributed by atoms with van der Waals surface area (Å²) in [7, 11) is 0. The highest BCUT2D eigenvalue weighted by atomic mass is 16.7. The first-order valence-electron chi connectivity index (χ1n) is 8.37. The number of fused-ring (bicyclic) bond motifs is 1. The molecule has 7 nitrogen and oxygen atoms in total. The fourth-order valence-electron chi connectivity index (χ4n) is 2.43. The summed E-state index contributed by atoms with van der Waals surface area (Å²) >= 11 is 0. The van der Waals surface area contributed by atoms with E-state index in [0.29, 0.717) is 35.0 Å². The molecule has 2 amide bonds. The topological polar surface area (TPSA) is 85.9 Å². The SMILES string of the molecule is CCCNC(=O)c1ccccc1NC(=O)COc1ccc2c(c1)OCO2. The molecule has 0 atom stereocenters. The average molecular weight is 356 g/mol. The summed E-state index contributed by atoms with van der Waals surface area (Å²) in [5, 5.41) is 5.51. The van der Waals surface area contributed by atoms with Gasteiger partial charge in [0.1, 0.15) is 5.75 Å². The molecule has 0 bridgehead atoms. The smallest absolute Gasteiger partial charge is 0.262 e. The number of hydrogen-bond acceptors (Lipinski definition) is 5. The van der Waals surface area contributed by atoms with Gasteiger partial charge in [0.15, 0.2) is 18.1 Å². The van der Waals surface area contributed by atoms with Gasteiger partial charge in [0, 0.05) is 12.6 Å². The van der Waals surface area contributed by atoms with Gasteiger partial charge in [-0.2, -0.15) is 0 Å². The van der Waals surface area contributed by atoms with Gasteiger partial charge >= 0.3 is 0 Å². The maximum absolute atomic E-state index is 12.2. The van der Waals surface area contributed by atoms with Crippen LogP contribution in [0.3, 0.4) is 0 Å². The number of ether oxygens (including phenoxy) is 3. The molecule has 0 saturated carbocycles. The highest BCUT2D eigenvalue weighted by molar-refractivity contribution is 6.04. The number of anilines is 1. The molecule has 0 aliphatic carbocycles. The Hall–Kier alpha value is -3.22. The first kappa shape index (κ1) is 17.6. The van der Waals surface area contributed by atoms with Gasteiger partial charge in [0.25, 0.3) is 11.8 Å². The van der Waals surface area contributed by atoms with E-state index in [1.807, 2.05) is 6.92 Å². The van der Waals surface area contributed by atoms with E-state index in [4.69, 9.17) is 14.2 Å².